The number of rotatable bonds is 6. The lowest BCUT2D eigenvalue weighted by atomic mass is 9.69. The van der Waals surface area contributed by atoms with Crippen molar-refractivity contribution in [3.8, 4) is 45.5 Å². The van der Waals surface area contributed by atoms with Gasteiger partial charge >= 0.3 is 0 Å². The van der Waals surface area contributed by atoms with Crippen molar-refractivity contribution >= 4 is 55.7 Å². The van der Waals surface area contributed by atoms with Crippen LogP contribution >= 0.6 is 0 Å². The van der Waals surface area contributed by atoms with Crippen molar-refractivity contribution in [2.45, 2.75) is 24.7 Å². The van der Waals surface area contributed by atoms with Crippen LogP contribution in [-0.2, 0) is 10.8 Å². The summed E-state index contributed by atoms with van der Waals surface area (Å²) < 4.78 is 0. The number of fused-ring (bicyclic) bond motifs is 15. The van der Waals surface area contributed by atoms with Crippen molar-refractivity contribution in [3.05, 3.63) is 275 Å². The van der Waals surface area contributed by atoms with E-state index in [-0.39, 0.29) is 0 Å². The van der Waals surface area contributed by atoms with Gasteiger partial charge in [-0.1, -0.05) is 166 Å². The predicted molar refractivity (Wildman–Crippen MR) is 294 cm³/mol. The van der Waals surface area contributed by atoms with Gasteiger partial charge in [0.25, 0.3) is 0 Å². The number of benzene rings is 11. The molecule has 336 valence electrons. The summed E-state index contributed by atoms with van der Waals surface area (Å²) in [4.78, 5) is 4.82. The van der Waals surface area contributed by atoms with Crippen LogP contribution < -0.4 is 9.80 Å². The van der Waals surface area contributed by atoms with Crippen molar-refractivity contribution in [3.63, 3.8) is 0 Å². The fraction of sp³-hybridized carbons (Fsp3) is 0.0588. The summed E-state index contributed by atoms with van der Waals surface area (Å²) in [7, 11) is 0. The lowest BCUT2D eigenvalue weighted by Crippen LogP contribution is -2.27. The molecule has 11 aromatic rings. The van der Waals surface area contributed by atoms with Gasteiger partial charge in [0.2, 0.25) is 0 Å². The molecule has 0 fully saturated rings. The minimum Gasteiger partial charge on any atom is -0.310 e. The molecule has 0 atom stereocenters. The van der Waals surface area contributed by atoms with Crippen LogP contribution in [0.4, 0.5) is 34.1 Å². The van der Waals surface area contributed by atoms with Crippen LogP contribution in [0.5, 0.6) is 0 Å². The minimum absolute atomic E-state index is 0.479. The normalized spacial score (nSPS) is 13.6. The van der Waals surface area contributed by atoms with Crippen LogP contribution in [0.3, 0.4) is 0 Å². The van der Waals surface area contributed by atoms with Crippen LogP contribution in [0, 0.1) is 22.7 Å². The molecule has 1 spiro atoms. The molecule has 3 aliphatic rings. The molecule has 0 unspecified atom stereocenters. The summed E-state index contributed by atoms with van der Waals surface area (Å²) in [5, 5.41) is 24.6. The zero-order valence-corrected chi connectivity index (χ0v) is 39.7. The third kappa shape index (κ3) is 5.72. The van der Waals surface area contributed by atoms with Crippen LogP contribution in [0.15, 0.2) is 231 Å². The molecule has 0 N–H and O–H groups in total. The fourth-order valence-corrected chi connectivity index (χ4v) is 12.7. The van der Waals surface area contributed by atoms with Crippen molar-refractivity contribution in [1.82, 2.24) is 0 Å². The minimum atomic E-state index is -0.601. The van der Waals surface area contributed by atoms with E-state index in [0.717, 1.165) is 50.3 Å². The Morgan fingerprint density at radius 3 is 1.50 bits per heavy atom. The van der Waals surface area contributed by atoms with Gasteiger partial charge in [-0.05, 0) is 151 Å². The highest BCUT2D eigenvalue weighted by atomic mass is 15.2. The van der Waals surface area contributed by atoms with Crippen molar-refractivity contribution in [1.29, 1.82) is 10.5 Å². The monoisotopic (exact) mass is 916 g/mol. The number of nitrogens with zero attached hydrogens (tertiary/aromatic N) is 4. The summed E-state index contributed by atoms with van der Waals surface area (Å²) in [5.41, 5.74) is 21.3. The van der Waals surface area contributed by atoms with Crippen LogP contribution in [0.25, 0.3) is 54.9 Å². The first-order valence-corrected chi connectivity index (χ1v) is 24.6. The van der Waals surface area contributed by atoms with E-state index in [4.69, 9.17) is 0 Å². The SMILES string of the molecule is CC1(C)c2cc(N(c3ccc(C#N)cc3)c3ccc4ccccc4c3)ccc2-c2c1cc1c(c2N(c2ccc(C#N)cc2)c2cccc3ccccc23)-c2ccccc2C12c1ccccc1-c1ccccc12. The second kappa shape index (κ2) is 15.5. The van der Waals surface area contributed by atoms with Gasteiger partial charge in [-0.15, -0.1) is 0 Å². The molecule has 14 rings (SSSR count). The predicted octanol–water partition coefficient (Wildman–Crippen LogP) is 17.3. The summed E-state index contributed by atoms with van der Waals surface area (Å²) in [6, 6.07) is 88.0. The third-order valence-electron chi connectivity index (χ3n) is 15.9. The van der Waals surface area contributed by atoms with Crippen LogP contribution in [0.1, 0.15) is 58.4 Å². The van der Waals surface area contributed by atoms with E-state index in [1.165, 1.54) is 72.1 Å². The van der Waals surface area contributed by atoms with E-state index < -0.39 is 10.8 Å². The van der Waals surface area contributed by atoms with Gasteiger partial charge in [0.05, 0.1) is 40.1 Å². The standard InChI is InChI=1S/C68H44N4/c1-67(2)60-39-51(71(48-31-26-43(41-69)27-32-48)50-35-30-45-14-3-4-16-47(45)38-50)36-37-56(60)64-61(67)40-62-65(55-21-9-12-24-59(55)68(62)57-22-10-7-19-53(57)54-20-8-11-23-58(54)68)66(64)72(49-33-28-44(42-70)29-34-49)63-25-13-17-46-15-5-6-18-52(46)63/h3-40H,1-2H3. The Labute approximate surface area is 419 Å². The number of hydrogen-bond acceptors (Lipinski definition) is 4. The third-order valence-corrected chi connectivity index (χ3v) is 15.9. The first-order valence-electron chi connectivity index (χ1n) is 24.6. The average molecular weight is 917 g/mol. The second-order valence-corrected chi connectivity index (χ2v) is 19.8. The summed E-state index contributed by atoms with van der Waals surface area (Å²) in [6.07, 6.45) is 0. The highest BCUT2D eigenvalue weighted by Gasteiger charge is 2.54. The molecule has 0 aliphatic heterocycles. The maximum Gasteiger partial charge on any atom is 0.0991 e. The lowest BCUT2D eigenvalue weighted by molar-refractivity contribution is 0.657. The molecular weight excluding hydrogens is 873 g/mol. The van der Waals surface area contributed by atoms with Crippen molar-refractivity contribution in [2.24, 2.45) is 0 Å². The van der Waals surface area contributed by atoms with Gasteiger partial charge in [-0.3, -0.25) is 0 Å². The Bertz CT molecular complexity index is 4120. The molecule has 4 heteroatoms. The van der Waals surface area contributed by atoms with Gasteiger partial charge in [-0.25, -0.2) is 0 Å². The van der Waals surface area contributed by atoms with Gasteiger partial charge in [0, 0.05) is 44.7 Å². The van der Waals surface area contributed by atoms with Crippen molar-refractivity contribution < 1.29 is 0 Å². The van der Waals surface area contributed by atoms with E-state index in [9.17, 15) is 10.5 Å². The first-order chi connectivity index (χ1) is 35.4. The number of hydrogen-bond donors (Lipinski definition) is 0. The van der Waals surface area contributed by atoms with E-state index in [1.807, 2.05) is 24.3 Å². The first kappa shape index (κ1) is 41.5. The Kier molecular flexibility index (Phi) is 8.94. The molecule has 11 aromatic carbocycles. The molecule has 0 aromatic heterocycles. The Morgan fingerprint density at radius 2 is 0.833 bits per heavy atom. The van der Waals surface area contributed by atoms with Crippen LogP contribution in [0.2, 0.25) is 0 Å². The highest BCUT2D eigenvalue weighted by molar-refractivity contribution is 6.11. The van der Waals surface area contributed by atoms with E-state index in [2.05, 4.69) is 242 Å². The molecule has 72 heavy (non-hydrogen) atoms. The summed E-state index contributed by atoms with van der Waals surface area (Å²) in [6.45, 7) is 4.80. The summed E-state index contributed by atoms with van der Waals surface area (Å²) >= 11 is 0. The Morgan fingerprint density at radius 1 is 0.347 bits per heavy atom. The smallest absolute Gasteiger partial charge is 0.0991 e. The zero-order valence-electron chi connectivity index (χ0n) is 39.7. The van der Waals surface area contributed by atoms with E-state index in [1.54, 1.807) is 0 Å². The number of nitriles is 2. The number of anilines is 6. The maximum atomic E-state index is 10.1. The maximum absolute atomic E-state index is 10.1. The average Bonchev–Trinajstić information content (AvgIpc) is 3.99. The van der Waals surface area contributed by atoms with Crippen molar-refractivity contribution in [2.75, 3.05) is 9.80 Å². The summed E-state index contributed by atoms with van der Waals surface area (Å²) in [5.74, 6) is 0. The van der Waals surface area contributed by atoms with E-state index in [0.29, 0.717) is 11.1 Å². The second-order valence-electron chi connectivity index (χ2n) is 19.8. The molecule has 3 aliphatic carbocycles. The molecule has 0 amide bonds. The van der Waals surface area contributed by atoms with Gasteiger partial charge in [0.1, 0.15) is 0 Å². The van der Waals surface area contributed by atoms with E-state index >= 15 is 0 Å². The van der Waals surface area contributed by atoms with Gasteiger partial charge in [-0.2, -0.15) is 10.5 Å². The van der Waals surface area contributed by atoms with Gasteiger partial charge < -0.3 is 9.80 Å². The van der Waals surface area contributed by atoms with Gasteiger partial charge in [0.15, 0.2) is 0 Å². The Balaban J connectivity index is 1.11. The Hall–Kier alpha value is -9.48. The zero-order chi connectivity index (χ0) is 48.3. The molecule has 0 saturated heterocycles. The molecule has 4 nitrogen and oxygen atoms in total. The molecule has 0 bridgehead atoms. The lowest BCUT2D eigenvalue weighted by Gasteiger charge is -2.35. The molecule has 0 radical (unpaired) electrons. The molecule has 0 heterocycles. The van der Waals surface area contributed by atoms with Crippen LogP contribution in [-0.4, -0.2) is 0 Å². The topological polar surface area (TPSA) is 54.1 Å². The highest BCUT2D eigenvalue weighted by Crippen LogP contribution is 2.68. The fourth-order valence-electron chi connectivity index (χ4n) is 12.7. The molecule has 0 saturated carbocycles. The quantitative estimate of drug-likeness (QED) is 0.167. The molecular formula is C68H44N4. The largest absolute Gasteiger partial charge is 0.310 e.